The molecular formula is C23H26N2O3S. The Hall–Kier alpha value is -2.60. The number of hydrogen-bond donors (Lipinski definition) is 1. The number of hydrogen-bond acceptors (Lipinski definition) is 5. The SMILES string of the molecule is CC(C)(C)c1ccc(OCc2ccc(C(=O)NCc3csc(C4CC4)n3)o2)cc1. The van der Waals surface area contributed by atoms with E-state index in [0.29, 0.717) is 18.2 Å². The second kappa shape index (κ2) is 8.03. The van der Waals surface area contributed by atoms with Crippen LogP contribution in [0.4, 0.5) is 0 Å². The summed E-state index contributed by atoms with van der Waals surface area (Å²) in [7, 11) is 0. The zero-order valence-corrected chi connectivity index (χ0v) is 17.8. The monoisotopic (exact) mass is 410 g/mol. The number of rotatable bonds is 7. The van der Waals surface area contributed by atoms with Crippen molar-refractivity contribution >= 4 is 17.2 Å². The van der Waals surface area contributed by atoms with Crippen LogP contribution < -0.4 is 10.1 Å². The Kier molecular flexibility index (Phi) is 5.46. The molecule has 1 saturated carbocycles. The minimum Gasteiger partial charge on any atom is -0.486 e. The number of aromatic nitrogens is 1. The summed E-state index contributed by atoms with van der Waals surface area (Å²) in [5.41, 5.74) is 2.27. The van der Waals surface area contributed by atoms with Crippen molar-refractivity contribution in [1.82, 2.24) is 10.3 Å². The molecule has 1 fully saturated rings. The van der Waals surface area contributed by atoms with Gasteiger partial charge in [0, 0.05) is 11.3 Å². The first-order valence-corrected chi connectivity index (χ1v) is 10.8. The van der Waals surface area contributed by atoms with E-state index in [2.05, 4.69) is 43.2 Å². The summed E-state index contributed by atoms with van der Waals surface area (Å²) in [6.07, 6.45) is 2.47. The predicted molar refractivity (Wildman–Crippen MR) is 113 cm³/mol. The Morgan fingerprint density at radius 3 is 2.66 bits per heavy atom. The van der Waals surface area contributed by atoms with Gasteiger partial charge in [0.25, 0.3) is 5.91 Å². The minimum absolute atomic E-state index is 0.111. The quantitative estimate of drug-likeness (QED) is 0.565. The number of ether oxygens (including phenoxy) is 1. The number of furan rings is 1. The Bertz CT molecular complexity index is 978. The van der Waals surface area contributed by atoms with Crippen LogP contribution >= 0.6 is 11.3 Å². The van der Waals surface area contributed by atoms with Crippen molar-refractivity contribution in [3.05, 3.63) is 69.6 Å². The fraction of sp³-hybridized carbons (Fsp3) is 0.391. The smallest absolute Gasteiger partial charge is 0.287 e. The van der Waals surface area contributed by atoms with E-state index in [-0.39, 0.29) is 23.7 Å². The van der Waals surface area contributed by atoms with E-state index in [1.165, 1.54) is 23.4 Å². The topological polar surface area (TPSA) is 64.4 Å². The second-order valence-electron chi connectivity index (χ2n) is 8.46. The molecule has 29 heavy (non-hydrogen) atoms. The molecule has 0 spiro atoms. The van der Waals surface area contributed by atoms with E-state index in [1.54, 1.807) is 23.5 Å². The lowest BCUT2D eigenvalue weighted by Crippen LogP contribution is -2.22. The highest BCUT2D eigenvalue weighted by molar-refractivity contribution is 7.09. The Morgan fingerprint density at radius 2 is 1.97 bits per heavy atom. The van der Waals surface area contributed by atoms with Gasteiger partial charge in [0.1, 0.15) is 18.1 Å². The average molecular weight is 411 g/mol. The molecule has 1 aliphatic carbocycles. The summed E-state index contributed by atoms with van der Waals surface area (Å²) in [5, 5.41) is 6.06. The number of nitrogens with zero attached hydrogens (tertiary/aromatic N) is 1. The van der Waals surface area contributed by atoms with Gasteiger partial charge in [0.2, 0.25) is 0 Å². The van der Waals surface area contributed by atoms with Crippen molar-refractivity contribution in [2.45, 2.75) is 58.1 Å². The number of carbonyl (C=O) groups excluding carboxylic acids is 1. The van der Waals surface area contributed by atoms with Gasteiger partial charge in [-0.3, -0.25) is 4.79 Å². The van der Waals surface area contributed by atoms with Gasteiger partial charge in [-0.2, -0.15) is 0 Å². The molecule has 1 N–H and O–H groups in total. The van der Waals surface area contributed by atoms with Gasteiger partial charge < -0.3 is 14.5 Å². The second-order valence-corrected chi connectivity index (χ2v) is 9.35. The third kappa shape index (κ3) is 5.07. The lowest BCUT2D eigenvalue weighted by atomic mass is 9.87. The van der Waals surface area contributed by atoms with Gasteiger partial charge in [0.05, 0.1) is 17.2 Å². The number of amides is 1. The van der Waals surface area contributed by atoms with Crippen LogP contribution in [0.15, 0.2) is 46.2 Å². The van der Waals surface area contributed by atoms with Crippen molar-refractivity contribution in [3.8, 4) is 5.75 Å². The van der Waals surface area contributed by atoms with Gasteiger partial charge in [-0.15, -0.1) is 11.3 Å². The van der Waals surface area contributed by atoms with Crippen LogP contribution in [0.25, 0.3) is 0 Å². The van der Waals surface area contributed by atoms with E-state index in [0.717, 1.165) is 11.4 Å². The first kappa shape index (κ1) is 19.7. The van der Waals surface area contributed by atoms with Crippen LogP contribution in [0, 0.1) is 0 Å². The van der Waals surface area contributed by atoms with Gasteiger partial charge in [-0.25, -0.2) is 4.98 Å². The van der Waals surface area contributed by atoms with Crippen LogP contribution in [-0.2, 0) is 18.6 Å². The zero-order valence-electron chi connectivity index (χ0n) is 17.0. The summed E-state index contributed by atoms with van der Waals surface area (Å²) in [5.74, 6) is 2.06. The fourth-order valence-electron chi connectivity index (χ4n) is 2.96. The Labute approximate surface area is 175 Å². The van der Waals surface area contributed by atoms with E-state index in [4.69, 9.17) is 9.15 Å². The maximum Gasteiger partial charge on any atom is 0.287 e. The molecule has 152 valence electrons. The van der Waals surface area contributed by atoms with E-state index in [9.17, 15) is 4.79 Å². The molecular weight excluding hydrogens is 384 g/mol. The third-order valence-electron chi connectivity index (χ3n) is 4.91. The third-order valence-corrected chi connectivity index (χ3v) is 5.97. The van der Waals surface area contributed by atoms with Crippen LogP contribution in [0.5, 0.6) is 5.75 Å². The first-order chi connectivity index (χ1) is 13.9. The van der Waals surface area contributed by atoms with Gasteiger partial charge in [-0.1, -0.05) is 32.9 Å². The molecule has 0 bridgehead atoms. The Balaban J connectivity index is 1.27. The summed E-state index contributed by atoms with van der Waals surface area (Å²) in [6.45, 7) is 7.23. The van der Waals surface area contributed by atoms with Gasteiger partial charge in [-0.05, 0) is 48.1 Å². The largest absolute Gasteiger partial charge is 0.486 e. The van der Waals surface area contributed by atoms with Crippen molar-refractivity contribution in [2.75, 3.05) is 0 Å². The van der Waals surface area contributed by atoms with Crippen molar-refractivity contribution in [2.24, 2.45) is 0 Å². The van der Waals surface area contributed by atoms with E-state index >= 15 is 0 Å². The lowest BCUT2D eigenvalue weighted by molar-refractivity contribution is 0.0918. The maximum absolute atomic E-state index is 12.3. The summed E-state index contributed by atoms with van der Waals surface area (Å²) in [4.78, 5) is 16.9. The molecule has 2 heterocycles. The summed E-state index contributed by atoms with van der Waals surface area (Å²) in [6, 6.07) is 11.5. The van der Waals surface area contributed by atoms with Crippen LogP contribution in [0.2, 0.25) is 0 Å². The molecule has 4 rings (SSSR count). The molecule has 6 heteroatoms. The van der Waals surface area contributed by atoms with E-state index in [1.807, 2.05) is 17.5 Å². The average Bonchev–Trinajstić information content (AvgIpc) is 3.25. The highest BCUT2D eigenvalue weighted by Gasteiger charge is 2.26. The molecule has 0 aliphatic heterocycles. The standard InChI is InChI=1S/C23H26N2O3S/c1-23(2,3)16-6-8-18(9-7-16)27-13-19-10-11-20(28-19)21(26)24-12-17-14-29-22(25-17)15-4-5-15/h6-11,14-15H,4-5,12-13H2,1-3H3,(H,24,26). The molecule has 1 aliphatic rings. The van der Waals surface area contributed by atoms with Crippen molar-refractivity contribution in [3.63, 3.8) is 0 Å². The van der Waals surface area contributed by atoms with Crippen LogP contribution in [-0.4, -0.2) is 10.9 Å². The minimum atomic E-state index is -0.244. The van der Waals surface area contributed by atoms with E-state index < -0.39 is 0 Å². The number of carbonyl (C=O) groups is 1. The lowest BCUT2D eigenvalue weighted by Gasteiger charge is -2.19. The van der Waals surface area contributed by atoms with Gasteiger partial charge >= 0.3 is 0 Å². The molecule has 0 unspecified atom stereocenters. The molecule has 3 aromatic rings. The highest BCUT2D eigenvalue weighted by Crippen LogP contribution is 2.41. The maximum atomic E-state index is 12.3. The predicted octanol–water partition coefficient (Wildman–Crippen LogP) is 5.42. The molecule has 1 amide bonds. The number of thiazole rings is 1. The fourth-order valence-corrected chi connectivity index (χ4v) is 3.95. The molecule has 0 saturated heterocycles. The zero-order chi connectivity index (χ0) is 20.4. The molecule has 2 aromatic heterocycles. The van der Waals surface area contributed by atoms with Crippen molar-refractivity contribution < 1.29 is 13.9 Å². The van der Waals surface area contributed by atoms with Crippen LogP contribution in [0.1, 0.15) is 72.1 Å². The highest BCUT2D eigenvalue weighted by atomic mass is 32.1. The molecule has 0 atom stereocenters. The van der Waals surface area contributed by atoms with Gasteiger partial charge in [0.15, 0.2) is 5.76 Å². The summed E-state index contributed by atoms with van der Waals surface area (Å²) < 4.78 is 11.4. The number of benzene rings is 1. The number of nitrogens with one attached hydrogen (secondary N) is 1. The molecule has 5 nitrogen and oxygen atoms in total. The Morgan fingerprint density at radius 1 is 1.21 bits per heavy atom. The van der Waals surface area contributed by atoms with Crippen LogP contribution in [0.3, 0.4) is 0 Å². The first-order valence-electron chi connectivity index (χ1n) is 9.93. The normalized spacial score (nSPS) is 14.0. The summed E-state index contributed by atoms with van der Waals surface area (Å²) >= 11 is 1.68. The molecule has 0 radical (unpaired) electrons. The van der Waals surface area contributed by atoms with Crippen molar-refractivity contribution in [1.29, 1.82) is 0 Å². The molecule has 1 aromatic carbocycles.